The van der Waals surface area contributed by atoms with E-state index in [1.54, 1.807) is 6.33 Å². The molecule has 1 aliphatic rings. The SMILES string of the molecule is CCc1c(NN)ncnc1N1CCSCC1. The molecule has 0 atom stereocenters. The molecule has 0 saturated carbocycles. The van der Waals surface area contributed by atoms with E-state index >= 15 is 0 Å². The number of anilines is 2. The molecule has 1 fully saturated rings. The van der Waals surface area contributed by atoms with E-state index in [9.17, 15) is 0 Å². The second-order valence-electron chi connectivity index (χ2n) is 3.62. The number of rotatable bonds is 3. The molecular formula is C10H17N5S. The average Bonchev–Trinajstić information content (AvgIpc) is 2.38. The molecule has 0 amide bonds. The van der Waals surface area contributed by atoms with Crippen LogP contribution in [0.15, 0.2) is 6.33 Å². The summed E-state index contributed by atoms with van der Waals surface area (Å²) in [5.74, 6) is 9.57. The molecule has 2 rings (SSSR count). The van der Waals surface area contributed by atoms with Crippen molar-refractivity contribution in [2.24, 2.45) is 5.84 Å². The van der Waals surface area contributed by atoms with Crippen LogP contribution in [0.2, 0.25) is 0 Å². The van der Waals surface area contributed by atoms with E-state index in [0.717, 1.165) is 36.7 Å². The number of hydrogen-bond donors (Lipinski definition) is 2. The molecule has 1 aliphatic heterocycles. The quantitative estimate of drug-likeness (QED) is 0.603. The summed E-state index contributed by atoms with van der Waals surface area (Å²) in [6, 6.07) is 0. The molecule has 88 valence electrons. The maximum atomic E-state index is 5.46. The van der Waals surface area contributed by atoms with Crippen LogP contribution in [0.1, 0.15) is 12.5 Å². The van der Waals surface area contributed by atoms with E-state index in [-0.39, 0.29) is 0 Å². The fourth-order valence-corrected chi connectivity index (χ4v) is 2.80. The summed E-state index contributed by atoms with van der Waals surface area (Å²) in [4.78, 5) is 10.9. The normalized spacial score (nSPS) is 16.2. The first-order chi connectivity index (χ1) is 7.86. The number of hydrogen-bond acceptors (Lipinski definition) is 6. The van der Waals surface area contributed by atoms with Gasteiger partial charge in [0.1, 0.15) is 18.0 Å². The van der Waals surface area contributed by atoms with E-state index in [2.05, 4.69) is 27.2 Å². The van der Waals surface area contributed by atoms with Crippen molar-refractivity contribution >= 4 is 23.4 Å². The molecule has 1 aromatic heterocycles. The third-order valence-corrected chi connectivity index (χ3v) is 3.67. The van der Waals surface area contributed by atoms with Gasteiger partial charge in [0, 0.05) is 30.2 Å². The predicted octanol–water partition coefficient (Wildman–Crippen LogP) is 0.878. The second-order valence-corrected chi connectivity index (χ2v) is 4.85. The van der Waals surface area contributed by atoms with Crippen LogP contribution in [0.25, 0.3) is 0 Å². The van der Waals surface area contributed by atoms with Crippen LogP contribution in [0, 0.1) is 0 Å². The Morgan fingerprint density at radius 1 is 1.44 bits per heavy atom. The number of aromatic nitrogens is 2. The summed E-state index contributed by atoms with van der Waals surface area (Å²) in [5, 5.41) is 0. The maximum absolute atomic E-state index is 5.46. The van der Waals surface area contributed by atoms with Gasteiger partial charge in [-0.05, 0) is 6.42 Å². The van der Waals surface area contributed by atoms with Crippen molar-refractivity contribution < 1.29 is 0 Å². The number of hydrazine groups is 1. The summed E-state index contributed by atoms with van der Waals surface area (Å²) in [5.41, 5.74) is 3.75. The highest BCUT2D eigenvalue weighted by molar-refractivity contribution is 7.99. The van der Waals surface area contributed by atoms with Crippen LogP contribution in [0.5, 0.6) is 0 Å². The summed E-state index contributed by atoms with van der Waals surface area (Å²) in [6.07, 6.45) is 2.46. The zero-order valence-electron chi connectivity index (χ0n) is 9.44. The van der Waals surface area contributed by atoms with Crippen molar-refractivity contribution in [3.63, 3.8) is 0 Å². The summed E-state index contributed by atoms with van der Waals surface area (Å²) in [6.45, 7) is 4.21. The number of nitrogens with two attached hydrogens (primary N) is 1. The molecule has 16 heavy (non-hydrogen) atoms. The Labute approximate surface area is 99.8 Å². The van der Waals surface area contributed by atoms with Crippen molar-refractivity contribution in [1.82, 2.24) is 9.97 Å². The minimum absolute atomic E-state index is 0.741. The van der Waals surface area contributed by atoms with Crippen LogP contribution in [0.3, 0.4) is 0 Å². The first-order valence-electron chi connectivity index (χ1n) is 5.50. The smallest absolute Gasteiger partial charge is 0.148 e. The molecule has 5 nitrogen and oxygen atoms in total. The minimum Gasteiger partial charge on any atom is -0.355 e. The fourth-order valence-electron chi connectivity index (χ4n) is 1.90. The lowest BCUT2D eigenvalue weighted by molar-refractivity contribution is 0.821. The van der Waals surface area contributed by atoms with E-state index in [1.165, 1.54) is 11.5 Å². The van der Waals surface area contributed by atoms with E-state index < -0.39 is 0 Å². The molecule has 0 aromatic carbocycles. The van der Waals surface area contributed by atoms with Crippen molar-refractivity contribution in [3.05, 3.63) is 11.9 Å². The van der Waals surface area contributed by atoms with Gasteiger partial charge in [-0.25, -0.2) is 15.8 Å². The summed E-state index contributed by atoms with van der Waals surface area (Å²) < 4.78 is 0. The zero-order valence-corrected chi connectivity index (χ0v) is 10.3. The van der Waals surface area contributed by atoms with E-state index in [1.807, 2.05) is 11.8 Å². The number of nitrogens with zero attached hydrogens (tertiary/aromatic N) is 3. The number of nitrogen functional groups attached to an aromatic ring is 1. The van der Waals surface area contributed by atoms with Crippen LogP contribution in [0.4, 0.5) is 11.6 Å². The molecule has 6 heteroatoms. The highest BCUT2D eigenvalue weighted by Gasteiger charge is 2.17. The molecule has 0 spiro atoms. The Balaban J connectivity index is 2.30. The lowest BCUT2D eigenvalue weighted by Crippen LogP contribution is -2.34. The fraction of sp³-hybridized carbons (Fsp3) is 0.600. The van der Waals surface area contributed by atoms with Crippen molar-refractivity contribution in [2.75, 3.05) is 34.9 Å². The van der Waals surface area contributed by atoms with Crippen molar-refractivity contribution in [2.45, 2.75) is 13.3 Å². The van der Waals surface area contributed by atoms with Gasteiger partial charge in [-0.2, -0.15) is 11.8 Å². The molecule has 0 aliphatic carbocycles. The van der Waals surface area contributed by atoms with Crippen LogP contribution in [-0.4, -0.2) is 34.6 Å². The molecule has 1 saturated heterocycles. The number of nitrogens with one attached hydrogen (secondary N) is 1. The third-order valence-electron chi connectivity index (χ3n) is 2.72. The standard InChI is InChI=1S/C10H17N5S/c1-2-8-9(14-11)12-7-13-10(8)15-3-5-16-6-4-15/h7H,2-6,11H2,1H3,(H,12,13,14). The van der Waals surface area contributed by atoms with Gasteiger partial charge < -0.3 is 10.3 Å². The Kier molecular flexibility index (Phi) is 3.84. The molecule has 3 N–H and O–H groups in total. The summed E-state index contributed by atoms with van der Waals surface area (Å²) in [7, 11) is 0. The molecular weight excluding hydrogens is 222 g/mol. The highest BCUT2D eigenvalue weighted by atomic mass is 32.2. The van der Waals surface area contributed by atoms with Crippen LogP contribution >= 0.6 is 11.8 Å². The van der Waals surface area contributed by atoms with Crippen molar-refractivity contribution in [3.8, 4) is 0 Å². The maximum Gasteiger partial charge on any atom is 0.148 e. The molecule has 2 heterocycles. The Morgan fingerprint density at radius 3 is 2.81 bits per heavy atom. The first kappa shape index (κ1) is 11.5. The zero-order chi connectivity index (χ0) is 11.4. The Hall–Kier alpha value is -1.01. The number of thioether (sulfide) groups is 1. The third kappa shape index (κ3) is 2.22. The van der Waals surface area contributed by atoms with Gasteiger partial charge in [0.05, 0.1) is 0 Å². The lowest BCUT2D eigenvalue weighted by atomic mass is 10.2. The largest absolute Gasteiger partial charge is 0.355 e. The van der Waals surface area contributed by atoms with Gasteiger partial charge in [0.25, 0.3) is 0 Å². The monoisotopic (exact) mass is 239 g/mol. The summed E-state index contributed by atoms with van der Waals surface area (Å²) >= 11 is 1.99. The molecule has 1 aromatic rings. The minimum atomic E-state index is 0.741. The first-order valence-corrected chi connectivity index (χ1v) is 6.65. The van der Waals surface area contributed by atoms with Crippen molar-refractivity contribution in [1.29, 1.82) is 0 Å². The topological polar surface area (TPSA) is 67.1 Å². The predicted molar refractivity (Wildman–Crippen MR) is 68.8 cm³/mol. The average molecular weight is 239 g/mol. The highest BCUT2D eigenvalue weighted by Crippen LogP contribution is 2.25. The van der Waals surface area contributed by atoms with Crippen LogP contribution in [-0.2, 0) is 6.42 Å². The van der Waals surface area contributed by atoms with Gasteiger partial charge >= 0.3 is 0 Å². The molecule has 0 unspecified atom stereocenters. The molecule has 0 bridgehead atoms. The van der Waals surface area contributed by atoms with Gasteiger partial charge in [0.2, 0.25) is 0 Å². The lowest BCUT2D eigenvalue weighted by Gasteiger charge is -2.29. The van der Waals surface area contributed by atoms with Gasteiger partial charge in [-0.15, -0.1) is 0 Å². The van der Waals surface area contributed by atoms with Gasteiger partial charge in [-0.3, -0.25) is 0 Å². The Bertz CT molecular complexity index is 351. The van der Waals surface area contributed by atoms with E-state index in [4.69, 9.17) is 5.84 Å². The van der Waals surface area contributed by atoms with Crippen LogP contribution < -0.4 is 16.2 Å². The van der Waals surface area contributed by atoms with Gasteiger partial charge in [-0.1, -0.05) is 6.92 Å². The molecule has 0 radical (unpaired) electrons. The second kappa shape index (κ2) is 5.36. The van der Waals surface area contributed by atoms with E-state index in [0.29, 0.717) is 0 Å². The Morgan fingerprint density at radius 2 is 2.19 bits per heavy atom. The van der Waals surface area contributed by atoms with Gasteiger partial charge in [0.15, 0.2) is 0 Å².